The topological polar surface area (TPSA) is 51.8 Å². The van der Waals surface area contributed by atoms with Crippen molar-refractivity contribution >= 4 is 41.6 Å². The molecule has 44 heavy (non-hydrogen) atoms. The van der Waals surface area contributed by atoms with Gasteiger partial charge in [-0.05, 0) is 42.7 Å². The van der Waals surface area contributed by atoms with Gasteiger partial charge in [0.2, 0.25) is 0 Å². The Hall–Kier alpha value is -2.51. The molecule has 0 bridgehead atoms. The highest BCUT2D eigenvalue weighted by molar-refractivity contribution is 5.95. The molecule has 3 aromatic rings. The Morgan fingerprint density at radius 1 is 0.932 bits per heavy atom. The molecule has 5 rings (SSSR count). The van der Waals surface area contributed by atoms with Gasteiger partial charge >= 0.3 is 12.4 Å². The quantitative estimate of drug-likeness (QED) is 0.291. The first kappa shape index (κ1) is 36.0. The number of ether oxygens (including phenoxy) is 1. The van der Waals surface area contributed by atoms with Gasteiger partial charge in [-0.2, -0.15) is 26.3 Å². The van der Waals surface area contributed by atoms with Crippen molar-refractivity contribution < 1.29 is 35.9 Å². The van der Waals surface area contributed by atoms with Crippen LogP contribution in [0.15, 0.2) is 48.7 Å². The van der Waals surface area contributed by atoms with Crippen LogP contribution in [0.25, 0.3) is 10.9 Å². The summed E-state index contributed by atoms with van der Waals surface area (Å²) < 4.78 is 86.9. The number of aromatic amines is 1. The Labute approximate surface area is 264 Å². The highest BCUT2D eigenvalue weighted by Crippen LogP contribution is 2.37. The Bertz CT molecular complexity index is 1370. The van der Waals surface area contributed by atoms with Crippen LogP contribution in [0.4, 0.5) is 26.3 Å². The van der Waals surface area contributed by atoms with Crippen molar-refractivity contribution in [3.8, 4) is 0 Å². The molecule has 2 aliphatic rings. The van der Waals surface area contributed by atoms with Gasteiger partial charge in [-0.15, -0.1) is 24.8 Å². The average Bonchev–Trinajstić information content (AvgIpc) is 3.37. The number of morpholine rings is 1. The summed E-state index contributed by atoms with van der Waals surface area (Å²) >= 11 is 0. The van der Waals surface area contributed by atoms with Crippen LogP contribution in [0.5, 0.6) is 0 Å². The fourth-order valence-corrected chi connectivity index (χ4v) is 5.99. The van der Waals surface area contributed by atoms with E-state index in [1.54, 1.807) is 0 Å². The zero-order chi connectivity index (χ0) is 30.1. The molecule has 3 heterocycles. The van der Waals surface area contributed by atoms with Crippen LogP contribution in [0.1, 0.15) is 40.4 Å². The van der Waals surface area contributed by atoms with Gasteiger partial charge in [0.1, 0.15) is 0 Å². The van der Waals surface area contributed by atoms with Crippen molar-refractivity contribution in [2.24, 2.45) is 0 Å². The fourth-order valence-electron chi connectivity index (χ4n) is 5.99. The van der Waals surface area contributed by atoms with Crippen LogP contribution in [0.3, 0.4) is 0 Å². The molecular weight excluding hydrogens is 633 g/mol. The minimum absolute atomic E-state index is 0. The van der Waals surface area contributed by atoms with Gasteiger partial charge in [0.05, 0.1) is 24.3 Å². The van der Waals surface area contributed by atoms with E-state index < -0.39 is 41.0 Å². The predicted octanol–water partition coefficient (Wildman–Crippen LogP) is 6.53. The minimum Gasteiger partial charge on any atom is -0.378 e. The van der Waals surface area contributed by atoms with E-state index in [2.05, 4.69) is 21.7 Å². The molecule has 2 fully saturated rings. The third-order valence-corrected chi connectivity index (χ3v) is 8.32. The number of hydrogen-bond acceptors (Lipinski definition) is 4. The van der Waals surface area contributed by atoms with Gasteiger partial charge in [0, 0.05) is 74.0 Å². The van der Waals surface area contributed by atoms with E-state index in [1.165, 1.54) is 4.90 Å². The molecule has 0 spiro atoms. The number of nitrogens with one attached hydrogen (secondary N) is 1. The van der Waals surface area contributed by atoms with Crippen LogP contribution < -0.4 is 0 Å². The van der Waals surface area contributed by atoms with E-state index in [4.69, 9.17) is 4.74 Å². The van der Waals surface area contributed by atoms with Gasteiger partial charge in [-0.1, -0.05) is 25.1 Å². The van der Waals surface area contributed by atoms with Crippen molar-refractivity contribution in [2.45, 2.75) is 44.2 Å². The van der Waals surface area contributed by atoms with E-state index in [-0.39, 0.29) is 37.4 Å². The zero-order valence-corrected chi connectivity index (χ0v) is 25.7. The number of alkyl halides is 6. The van der Waals surface area contributed by atoms with E-state index in [9.17, 15) is 31.1 Å². The summed E-state index contributed by atoms with van der Waals surface area (Å²) in [4.78, 5) is 23.0. The molecule has 0 radical (unpaired) electrons. The maximum absolute atomic E-state index is 13.7. The first-order valence-electron chi connectivity index (χ1n) is 14.1. The van der Waals surface area contributed by atoms with Gasteiger partial charge in [0.25, 0.3) is 5.91 Å². The number of benzene rings is 2. The molecule has 244 valence electrons. The Morgan fingerprint density at radius 3 is 2.27 bits per heavy atom. The van der Waals surface area contributed by atoms with E-state index in [1.807, 2.05) is 30.5 Å². The summed E-state index contributed by atoms with van der Waals surface area (Å²) in [6.07, 6.45) is -6.87. The first-order chi connectivity index (χ1) is 19.9. The van der Waals surface area contributed by atoms with Crippen LogP contribution in [-0.4, -0.2) is 90.2 Å². The summed E-state index contributed by atoms with van der Waals surface area (Å²) in [6.45, 7) is 6.91. The molecule has 2 atom stereocenters. The molecule has 2 saturated heterocycles. The number of H-pyrrole nitrogens is 1. The number of rotatable bonds is 7. The summed E-state index contributed by atoms with van der Waals surface area (Å²) in [5, 5.41) is 0.958. The molecule has 2 aromatic carbocycles. The number of para-hydroxylation sites is 1. The number of amides is 1. The van der Waals surface area contributed by atoms with Crippen molar-refractivity contribution in [3.63, 3.8) is 0 Å². The number of fused-ring (bicyclic) bond motifs is 1. The average molecular weight is 670 g/mol. The lowest BCUT2D eigenvalue weighted by molar-refractivity contribution is -0.143. The number of halogens is 8. The van der Waals surface area contributed by atoms with Gasteiger partial charge in [-0.25, -0.2) is 0 Å². The molecule has 2 aliphatic heterocycles. The number of hydrogen-bond donors (Lipinski definition) is 1. The SMILES string of the molecule is CC[C@@H]1COCCN1CCN1CCN(C(=O)c2cc(C(F)(F)F)cc(C(F)(F)F)c2)[C@H](Cc2c[nH]c3ccccc23)C1.Cl.Cl. The molecule has 0 aliphatic carbocycles. The normalized spacial score (nSPS) is 20.3. The van der Waals surface area contributed by atoms with Gasteiger partial charge in [-0.3, -0.25) is 14.6 Å². The highest BCUT2D eigenvalue weighted by Gasteiger charge is 2.39. The number of carbonyl (C=O) groups excluding carboxylic acids is 1. The summed E-state index contributed by atoms with van der Waals surface area (Å²) in [7, 11) is 0. The Morgan fingerprint density at radius 2 is 1.61 bits per heavy atom. The number of piperazine rings is 1. The minimum atomic E-state index is -5.03. The van der Waals surface area contributed by atoms with Crippen molar-refractivity contribution in [1.82, 2.24) is 19.7 Å². The largest absolute Gasteiger partial charge is 0.416 e. The van der Waals surface area contributed by atoms with Gasteiger partial charge < -0.3 is 14.6 Å². The highest BCUT2D eigenvalue weighted by atomic mass is 35.5. The first-order valence-corrected chi connectivity index (χ1v) is 14.1. The lowest BCUT2D eigenvalue weighted by Gasteiger charge is -2.43. The van der Waals surface area contributed by atoms with Gasteiger partial charge in [0.15, 0.2) is 0 Å². The van der Waals surface area contributed by atoms with Crippen LogP contribution in [0.2, 0.25) is 0 Å². The Kier molecular flexibility index (Phi) is 12.0. The lowest BCUT2D eigenvalue weighted by atomic mass is 9.98. The van der Waals surface area contributed by atoms with E-state index >= 15 is 0 Å². The molecular formula is C30H36Cl2F6N4O2. The number of carbonyl (C=O) groups is 1. The zero-order valence-electron chi connectivity index (χ0n) is 24.1. The third kappa shape index (κ3) is 8.20. The van der Waals surface area contributed by atoms with Crippen LogP contribution in [-0.2, 0) is 23.5 Å². The number of aromatic nitrogens is 1. The maximum atomic E-state index is 13.7. The fraction of sp³-hybridized carbons (Fsp3) is 0.500. The standard InChI is InChI=1S/C30H34F6N4O2.2ClH/c1-2-24-19-42-12-11-39(24)9-7-38-8-10-40(25(18-38)15-21-17-37-27-6-4-3-5-26(21)27)28(41)20-13-22(29(31,32)33)16-23(14-20)30(34,35)36;;/h3-6,13-14,16-17,24-25,37H,2,7-12,15,18-19H2,1H3;2*1H/t24-,25-;;/m1../s1. The maximum Gasteiger partial charge on any atom is 0.416 e. The van der Waals surface area contributed by atoms with Crippen molar-refractivity contribution in [3.05, 3.63) is 70.9 Å². The van der Waals surface area contributed by atoms with Crippen LogP contribution in [0, 0.1) is 0 Å². The van der Waals surface area contributed by atoms with Crippen molar-refractivity contribution in [2.75, 3.05) is 52.5 Å². The lowest BCUT2D eigenvalue weighted by Crippen LogP contribution is -2.57. The monoisotopic (exact) mass is 668 g/mol. The van der Waals surface area contributed by atoms with E-state index in [0.717, 1.165) is 42.5 Å². The second kappa shape index (κ2) is 14.7. The molecule has 0 unspecified atom stereocenters. The second-order valence-corrected chi connectivity index (χ2v) is 11.0. The summed E-state index contributed by atoms with van der Waals surface area (Å²) in [6, 6.07) is 8.61. The molecule has 6 nitrogen and oxygen atoms in total. The molecule has 14 heteroatoms. The molecule has 1 N–H and O–H groups in total. The smallest absolute Gasteiger partial charge is 0.378 e. The predicted molar refractivity (Wildman–Crippen MR) is 161 cm³/mol. The third-order valence-electron chi connectivity index (χ3n) is 8.32. The molecule has 1 amide bonds. The molecule has 0 saturated carbocycles. The summed E-state index contributed by atoms with van der Waals surface area (Å²) in [5.74, 6) is -0.838. The van der Waals surface area contributed by atoms with E-state index in [0.29, 0.717) is 50.9 Å². The van der Waals surface area contributed by atoms with Crippen molar-refractivity contribution in [1.29, 1.82) is 0 Å². The molecule has 1 aromatic heterocycles. The van der Waals surface area contributed by atoms with Crippen LogP contribution >= 0.6 is 24.8 Å². The second-order valence-electron chi connectivity index (χ2n) is 11.0. The number of nitrogens with zero attached hydrogens (tertiary/aromatic N) is 3. The summed E-state index contributed by atoms with van der Waals surface area (Å²) in [5.41, 5.74) is -1.78. The Balaban J connectivity index is 0.00000264.